The van der Waals surface area contributed by atoms with E-state index in [1.165, 1.54) is 6.07 Å². The lowest BCUT2D eigenvalue weighted by Gasteiger charge is -2.10. The lowest BCUT2D eigenvalue weighted by atomic mass is 10.3. The molecule has 0 aliphatic carbocycles. The van der Waals surface area contributed by atoms with Gasteiger partial charge in [0.2, 0.25) is 5.88 Å². The number of halogens is 4. The molecule has 0 spiro atoms. The normalized spacial score (nSPS) is 10.4. The third-order valence-electron chi connectivity index (χ3n) is 2.13. The number of hydrogen-bond acceptors (Lipinski definition) is 4. The van der Waals surface area contributed by atoms with Gasteiger partial charge >= 0.3 is 0 Å². The number of ether oxygens (including phenoxy) is 1. The van der Waals surface area contributed by atoms with Crippen LogP contribution in [0.25, 0.3) is 0 Å². The van der Waals surface area contributed by atoms with Gasteiger partial charge in [-0.1, -0.05) is 23.2 Å². The maximum absolute atomic E-state index is 13.4. The molecule has 0 amide bonds. The van der Waals surface area contributed by atoms with Gasteiger partial charge in [-0.3, -0.25) is 0 Å². The number of anilines is 1. The standard InChI is InChI=1S/C11H7Cl2F2N3O/c12-6-4-7(13)11(17-10(6)18-16)19-9-3-5(14)1-2-8(9)15/h1-4H,16H2,(H,17,18). The van der Waals surface area contributed by atoms with E-state index in [0.717, 1.165) is 18.2 Å². The summed E-state index contributed by atoms with van der Waals surface area (Å²) in [5, 5.41) is 0.201. The summed E-state index contributed by atoms with van der Waals surface area (Å²) in [5.74, 6) is 3.38. The van der Waals surface area contributed by atoms with Crippen LogP contribution in [0.5, 0.6) is 11.6 Å². The molecule has 4 nitrogen and oxygen atoms in total. The van der Waals surface area contributed by atoms with E-state index in [-0.39, 0.29) is 27.5 Å². The highest BCUT2D eigenvalue weighted by Gasteiger charge is 2.13. The topological polar surface area (TPSA) is 60.2 Å². The van der Waals surface area contributed by atoms with Crippen molar-refractivity contribution >= 4 is 29.0 Å². The average molecular weight is 306 g/mol. The van der Waals surface area contributed by atoms with Crippen molar-refractivity contribution in [3.63, 3.8) is 0 Å². The number of nitrogen functional groups attached to an aromatic ring is 1. The smallest absolute Gasteiger partial charge is 0.240 e. The molecule has 0 atom stereocenters. The number of rotatable bonds is 3. The van der Waals surface area contributed by atoms with Gasteiger partial charge < -0.3 is 10.2 Å². The van der Waals surface area contributed by atoms with Crippen molar-refractivity contribution < 1.29 is 13.5 Å². The Bertz CT molecular complexity index is 625. The Morgan fingerprint density at radius 3 is 2.58 bits per heavy atom. The van der Waals surface area contributed by atoms with Gasteiger partial charge in [-0.05, 0) is 18.2 Å². The molecule has 0 fully saturated rings. The largest absolute Gasteiger partial charge is 0.434 e. The fourth-order valence-electron chi connectivity index (χ4n) is 1.28. The molecule has 2 aromatic rings. The van der Waals surface area contributed by atoms with E-state index in [4.69, 9.17) is 33.8 Å². The first-order valence-corrected chi connectivity index (χ1v) is 5.72. The minimum absolute atomic E-state index is 0.0349. The highest BCUT2D eigenvalue weighted by molar-refractivity contribution is 6.36. The molecule has 0 saturated carbocycles. The highest BCUT2D eigenvalue weighted by Crippen LogP contribution is 2.34. The molecule has 8 heteroatoms. The van der Waals surface area contributed by atoms with Crippen molar-refractivity contribution in [2.24, 2.45) is 5.84 Å². The predicted octanol–water partition coefficient (Wildman–Crippen LogP) is 3.74. The first-order chi connectivity index (χ1) is 9.01. The van der Waals surface area contributed by atoms with Crippen molar-refractivity contribution in [1.82, 2.24) is 4.98 Å². The number of nitrogens with one attached hydrogen (secondary N) is 1. The summed E-state index contributed by atoms with van der Waals surface area (Å²) in [5.41, 5.74) is 2.23. The van der Waals surface area contributed by atoms with E-state index in [0.29, 0.717) is 0 Å². The number of nitrogens with two attached hydrogens (primary N) is 1. The molecule has 0 aliphatic rings. The third kappa shape index (κ3) is 3.04. The lowest BCUT2D eigenvalue weighted by Crippen LogP contribution is -2.09. The second kappa shape index (κ2) is 5.56. The van der Waals surface area contributed by atoms with Gasteiger partial charge in [0.05, 0.1) is 5.02 Å². The second-order valence-electron chi connectivity index (χ2n) is 3.43. The number of hydrogen-bond donors (Lipinski definition) is 2. The van der Waals surface area contributed by atoms with Gasteiger partial charge in [0.15, 0.2) is 17.4 Å². The van der Waals surface area contributed by atoms with Gasteiger partial charge in [-0.25, -0.2) is 14.6 Å². The number of nitrogens with zero attached hydrogens (tertiary/aromatic N) is 1. The quantitative estimate of drug-likeness (QED) is 0.670. The minimum atomic E-state index is -0.753. The van der Waals surface area contributed by atoms with Crippen LogP contribution in [-0.2, 0) is 0 Å². The van der Waals surface area contributed by atoms with E-state index in [9.17, 15) is 8.78 Å². The molecule has 19 heavy (non-hydrogen) atoms. The van der Waals surface area contributed by atoms with Crippen LogP contribution in [0, 0.1) is 11.6 Å². The molecule has 1 aromatic carbocycles. The molecule has 1 heterocycles. The van der Waals surface area contributed by atoms with Crippen molar-refractivity contribution in [3.05, 3.63) is 45.9 Å². The van der Waals surface area contributed by atoms with E-state index >= 15 is 0 Å². The molecule has 1 aromatic heterocycles. The third-order valence-corrected chi connectivity index (χ3v) is 2.69. The Hall–Kier alpha value is -1.63. The van der Waals surface area contributed by atoms with Crippen LogP contribution in [0.15, 0.2) is 24.3 Å². The van der Waals surface area contributed by atoms with Gasteiger partial charge in [0.25, 0.3) is 0 Å². The summed E-state index contributed by atoms with van der Waals surface area (Å²) in [4.78, 5) is 3.85. The first-order valence-electron chi connectivity index (χ1n) is 4.97. The molecule has 100 valence electrons. The van der Waals surface area contributed by atoms with Crippen LogP contribution in [0.1, 0.15) is 0 Å². The number of aromatic nitrogens is 1. The van der Waals surface area contributed by atoms with E-state index < -0.39 is 11.6 Å². The summed E-state index contributed by atoms with van der Waals surface area (Å²) >= 11 is 11.6. The minimum Gasteiger partial charge on any atom is -0.434 e. The lowest BCUT2D eigenvalue weighted by molar-refractivity contribution is 0.423. The van der Waals surface area contributed by atoms with Gasteiger partial charge in [-0.2, -0.15) is 4.98 Å². The summed E-state index contributed by atoms with van der Waals surface area (Å²) in [6.45, 7) is 0. The molecular weight excluding hydrogens is 299 g/mol. The zero-order valence-electron chi connectivity index (χ0n) is 9.25. The van der Waals surface area contributed by atoms with Gasteiger partial charge in [-0.15, -0.1) is 0 Å². The Morgan fingerprint density at radius 2 is 1.89 bits per heavy atom. The van der Waals surface area contributed by atoms with Crippen LogP contribution in [0.2, 0.25) is 10.0 Å². The molecular formula is C11H7Cl2F2N3O. The molecule has 2 rings (SSSR count). The fourth-order valence-corrected chi connectivity index (χ4v) is 1.73. The van der Waals surface area contributed by atoms with Gasteiger partial charge in [0, 0.05) is 6.07 Å². The molecule has 0 saturated heterocycles. The first kappa shape index (κ1) is 13.8. The second-order valence-corrected chi connectivity index (χ2v) is 4.24. The van der Waals surface area contributed by atoms with Crippen molar-refractivity contribution in [3.8, 4) is 11.6 Å². The number of pyridine rings is 1. The Labute approximate surface area is 117 Å². The Balaban J connectivity index is 2.40. The zero-order chi connectivity index (χ0) is 14.0. The monoisotopic (exact) mass is 305 g/mol. The van der Waals surface area contributed by atoms with Crippen LogP contribution in [0.3, 0.4) is 0 Å². The maximum Gasteiger partial charge on any atom is 0.240 e. The van der Waals surface area contributed by atoms with E-state index in [1.54, 1.807) is 0 Å². The van der Waals surface area contributed by atoms with Crippen LogP contribution >= 0.6 is 23.2 Å². The highest BCUT2D eigenvalue weighted by atomic mass is 35.5. The van der Waals surface area contributed by atoms with Crippen LogP contribution < -0.4 is 16.0 Å². The maximum atomic E-state index is 13.4. The molecule has 0 bridgehead atoms. The van der Waals surface area contributed by atoms with Crippen molar-refractivity contribution in [1.29, 1.82) is 0 Å². The summed E-state index contributed by atoms with van der Waals surface area (Å²) < 4.78 is 31.5. The fraction of sp³-hybridized carbons (Fsp3) is 0. The van der Waals surface area contributed by atoms with E-state index in [1.807, 2.05) is 0 Å². The summed E-state index contributed by atoms with van der Waals surface area (Å²) in [7, 11) is 0. The molecule has 0 unspecified atom stereocenters. The molecule has 0 radical (unpaired) electrons. The van der Waals surface area contributed by atoms with Gasteiger partial charge in [0.1, 0.15) is 10.8 Å². The van der Waals surface area contributed by atoms with Crippen molar-refractivity contribution in [2.45, 2.75) is 0 Å². The molecule has 0 aliphatic heterocycles. The predicted molar refractivity (Wildman–Crippen MR) is 68.5 cm³/mol. The van der Waals surface area contributed by atoms with Crippen molar-refractivity contribution in [2.75, 3.05) is 5.43 Å². The van der Waals surface area contributed by atoms with E-state index in [2.05, 4.69) is 10.4 Å². The summed E-state index contributed by atoms with van der Waals surface area (Å²) in [6.07, 6.45) is 0. The molecule has 3 N–H and O–H groups in total. The average Bonchev–Trinajstić information content (AvgIpc) is 2.37. The SMILES string of the molecule is NNc1nc(Oc2cc(F)ccc2F)c(Cl)cc1Cl. The number of benzene rings is 1. The Kier molecular flexibility index (Phi) is 4.04. The zero-order valence-corrected chi connectivity index (χ0v) is 10.8. The van der Waals surface area contributed by atoms with Crippen LogP contribution in [0.4, 0.5) is 14.6 Å². The number of hydrazine groups is 1. The summed E-state index contributed by atoms with van der Waals surface area (Å²) in [6, 6.07) is 4.08. The van der Waals surface area contributed by atoms with Crippen LogP contribution in [-0.4, -0.2) is 4.98 Å². The Morgan fingerprint density at radius 1 is 1.16 bits per heavy atom.